The van der Waals surface area contributed by atoms with Crippen molar-refractivity contribution in [1.29, 1.82) is 0 Å². The molecule has 0 atom stereocenters. The molecule has 0 N–H and O–H groups in total. The summed E-state index contributed by atoms with van der Waals surface area (Å²) >= 11 is 0. The summed E-state index contributed by atoms with van der Waals surface area (Å²) in [7, 11) is 0. The van der Waals surface area contributed by atoms with Gasteiger partial charge in [0.2, 0.25) is 0 Å². The van der Waals surface area contributed by atoms with Crippen LogP contribution in [-0.4, -0.2) is 25.0 Å². The Kier molecular flexibility index (Phi) is 3.78. The molecule has 0 spiro atoms. The largest absolute Gasteiger partial charge is 0.256 e. The van der Waals surface area contributed by atoms with Crippen LogP contribution < -0.4 is 0 Å². The normalized spacial score (nSPS) is 10.8. The Morgan fingerprint density at radius 3 is 2.48 bits per heavy atom. The third-order valence-electron chi connectivity index (χ3n) is 3.88. The van der Waals surface area contributed by atoms with Crippen molar-refractivity contribution in [3.05, 3.63) is 78.5 Å². The zero-order valence-corrected chi connectivity index (χ0v) is 13.5. The highest BCUT2D eigenvalue weighted by Crippen LogP contribution is 2.27. The molecule has 122 valence electrons. The molecule has 6 heteroatoms. The minimum atomic E-state index is -0.270. The van der Waals surface area contributed by atoms with E-state index >= 15 is 0 Å². The van der Waals surface area contributed by atoms with Crippen LogP contribution in [-0.2, 0) is 0 Å². The highest BCUT2D eigenvalue weighted by Gasteiger charge is 2.15. The molecule has 3 heterocycles. The average Bonchev–Trinajstić information content (AvgIpc) is 3.05. The van der Waals surface area contributed by atoms with Crippen molar-refractivity contribution in [3.8, 4) is 28.3 Å². The molecule has 5 nitrogen and oxygen atoms in total. The molecule has 4 rings (SSSR count). The van der Waals surface area contributed by atoms with Crippen LogP contribution in [0.4, 0.5) is 4.39 Å². The molecule has 3 aromatic heterocycles. The number of rotatable bonds is 3. The highest BCUT2D eigenvalue weighted by atomic mass is 19.1. The number of halogens is 1. The van der Waals surface area contributed by atoms with Crippen LogP contribution in [0.2, 0.25) is 0 Å². The van der Waals surface area contributed by atoms with Crippen molar-refractivity contribution >= 4 is 0 Å². The molecule has 0 saturated carbocycles. The van der Waals surface area contributed by atoms with Crippen molar-refractivity contribution in [1.82, 2.24) is 25.0 Å². The molecule has 4 aromatic rings. The minimum absolute atomic E-state index is 0.270. The standard InChI is InChI=1S/C19H14FN5/c1-13-19(25(24-23-13)18-4-2-3-10-22-18)15-9-11-21-17(12-15)14-5-7-16(20)8-6-14/h2-12H,1H3. The lowest BCUT2D eigenvalue weighted by Gasteiger charge is -2.08. The molecule has 0 aliphatic rings. The molecule has 0 saturated heterocycles. The van der Waals surface area contributed by atoms with E-state index in [1.807, 2.05) is 37.3 Å². The van der Waals surface area contributed by atoms with Gasteiger partial charge in [-0.05, 0) is 55.5 Å². The predicted octanol–water partition coefficient (Wildman–Crippen LogP) is 3.84. The molecule has 0 unspecified atom stereocenters. The zero-order chi connectivity index (χ0) is 17.2. The summed E-state index contributed by atoms with van der Waals surface area (Å²) < 4.78 is 14.9. The summed E-state index contributed by atoms with van der Waals surface area (Å²) in [5.41, 5.74) is 4.16. The molecular weight excluding hydrogens is 317 g/mol. The lowest BCUT2D eigenvalue weighted by Crippen LogP contribution is -2.02. The summed E-state index contributed by atoms with van der Waals surface area (Å²) in [6.07, 6.45) is 3.44. The Balaban J connectivity index is 1.83. The van der Waals surface area contributed by atoms with E-state index in [2.05, 4.69) is 20.3 Å². The maximum Gasteiger partial charge on any atom is 0.155 e. The lowest BCUT2D eigenvalue weighted by atomic mass is 10.1. The van der Waals surface area contributed by atoms with Gasteiger partial charge in [-0.15, -0.1) is 5.10 Å². The molecule has 0 fully saturated rings. The van der Waals surface area contributed by atoms with Crippen LogP contribution in [0.3, 0.4) is 0 Å². The second-order valence-corrected chi connectivity index (χ2v) is 5.56. The number of pyridine rings is 2. The van der Waals surface area contributed by atoms with Crippen LogP contribution in [0.1, 0.15) is 5.69 Å². The smallest absolute Gasteiger partial charge is 0.155 e. The molecule has 0 aliphatic carbocycles. The summed E-state index contributed by atoms with van der Waals surface area (Å²) in [6, 6.07) is 15.7. The number of hydrogen-bond acceptors (Lipinski definition) is 4. The molecular formula is C19H14FN5. The minimum Gasteiger partial charge on any atom is -0.256 e. The summed E-state index contributed by atoms with van der Waals surface area (Å²) in [4.78, 5) is 8.74. The van der Waals surface area contributed by atoms with Gasteiger partial charge in [-0.2, -0.15) is 4.68 Å². The molecule has 0 bridgehead atoms. The van der Waals surface area contributed by atoms with E-state index in [1.54, 1.807) is 29.2 Å². The quantitative estimate of drug-likeness (QED) is 0.572. The molecule has 0 aliphatic heterocycles. The first-order chi connectivity index (χ1) is 12.2. The second-order valence-electron chi connectivity index (χ2n) is 5.56. The number of hydrogen-bond donors (Lipinski definition) is 0. The monoisotopic (exact) mass is 331 g/mol. The van der Waals surface area contributed by atoms with Gasteiger partial charge in [0.15, 0.2) is 5.82 Å². The Bertz CT molecular complexity index is 1010. The van der Waals surface area contributed by atoms with E-state index in [9.17, 15) is 4.39 Å². The second kappa shape index (κ2) is 6.24. The number of aryl methyl sites for hydroxylation is 1. The molecule has 0 radical (unpaired) electrons. The SMILES string of the molecule is Cc1nnn(-c2ccccn2)c1-c1ccnc(-c2ccc(F)cc2)c1. The van der Waals surface area contributed by atoms with Crippen LogP contribution >= 0.6 is 0 Å². The van der Waals surface area contributed by atoms with Crippen molar-refractivity contribution in [2.75, 3.05) is 0 Å². The first-order valence-corrected chi connectivity index (χ1v) is 7.78. The number of aromatic nitrogens is 5. The van der Waals surface area contributed by atoms with Gasteiger partial charge in [0.25, 0.3) is 0 Å². The maximum atomic E-state index is 13.2. The highest BCUT2D eigenvalue weighted by molar-refractivity contribution is 5.70. The van der Waals surface area contributed by atoms with Crippen LogP contribution in [0.15, 0.2) is 67.0 Å². The summed E-state index contributed by atoms with van der Waals surface area (Å²) in [6.45, 7) is 1.90. The van der Waals surface area contributed by atoms with E-state index in [0.29, 0.717) is 5.82 Å². The topological polar surface area (TPSA) is 56.5 Å². The summed E-state index contributed by atoms with van der Waals surface area (Å²) in [5.74, 6) is 0.423. The van der Waals surface area contributed by atoms with Gasteiger partial charge in [0.05, 0.1) is 17.1 Å². The molecule has 1 aromatic carbocycles. The maximum absolute atomic E-state index is 13.2. The Hall–Kier alpha value is -3.41. The van der Waals surface area contributed by atoms with Gasteiger partial charge in [-0.3, -0.25) is 4.98 Å². The fourth-order valence-electron chi connectivity index (χ4n) is 2.68. The van der Waals surface area contributed by atoms with Gasteiger partial charge >= 0.3 is 0 Å². The van der Waals surface area contributed by atoms with E-state index in [4.69, 9.17) is 0 Å². The van der Waals surface area contributed by atoms with E-state index in [0.717, 1.165) is 28.2 Å². The van der Waals surface area contributed by atoms with Gasteiger partial charge in [-0.1, -0.05) is 11.3 Å². The van der Waals surface area contributed by atoms with E-state index in [1.165, 1.54) is 12.1 Å². The van der Waals surface area contributed by atoms with Gasteiger partial charge < -0.3 is 0 Å². The van der Waals surface area contributed by atoms with Crippen molar-refractivity contribution in [3.63, 3.8) is 0 Å². The van der Waals surface area contributed by atoms with Crippen molar-refractivity contribution in [2.45, 2.75) is 6.92 Å². The number of nitrogens with zero attached hydrogens (tertiary/aromatic N) is 5. The number of benzene rings is 1. The van der Waals surface area contributed by atoms with Crippen LogP contribution in [0, 0.1) is 12.7 Å². The predicted molar refractivity (Wildman–Crippen MR) is 92.5 cm³/mol. The van der Waals surface area contributed by atoms with Crippen molar-refractivity contribution < 1.29 is 4.39 Å². The first-order valence-electron chi connectivity index (χ1n) is 7.78. The van der Waals surface area contributed by atoms with Gasteiger partial charge in [0, 0.05) is 23.5 Å². The molecule has 25 heavy (non-hydrogen) atoms. The fourth-order valence-corrected chi connectivity index (χ4v) is 2.68. The third-order valence-corrected chi connectivity index (χ3v) is 3.88. The van der Waals surface area contributed by atoms with E-state index in [-0.39, 0.29) is 5.82 Å². The van der Waals surface area contributed by atoms with E-state index < -0.39 is 0 Å². The van der Waals surface area contributed by atoms with Gasteiger partial charge in [0.1, 0.15) is 5.82 Å². The van der Waals surface area contributed by atoms with Gasteiger partial charge in [-0.25, -0.2) is 9.37 Å². The average molecular weight is 331 g/mol. The van der Waals surface area contributed by atoms with Crippen LogP contribution in [0.5, 0.6) is 0 Å². The zero-order valence-electron chi connectivity index (χ0n) is 13.5. The first kappa shape index (κ1) is 15.1. The van der Waals surface area contributed by atoms with Crippen LogP contribution in [0.25, 0.3) is 28.3 Å². The Morgan fingerprint density at radius 2 is 1.72 bits per heavy atom. The third kappa shape index (κ3) is 2.89. The fraction of sp³-hybridized carbons (Fsp3) is 0.0526. The lowest BCUT2D eigenvalue weighted by molar-refractivity contribution is 0.628. The Labute approximate surface area is 143 Å². The summed E-state index contributed by atoms with van der Waals surface area (Å²) in [5, 5.41) is 8.40. The Morgan fingerprint density at radius 1 is 0.880 bits per heavy atom. The molecule has 0 amide bonds. The van der Waals surface area contributed by atoms with Crippen molar-refractivity contribution in [2.24, 2.45) is 0 Å².